The van der Waals surface area contributed by atoms with Crippen molar-refractivity contribution in [2.24, 2.45) is 5.41 Å². The van der Waals surface area contributed by atoms with Crippen LogP contribution in [0.4, 0.5) is 0 Å². The van der Waals surface area contributed by atoms with Crippen molar-refractivity contribution in [1.82, 2.24) is 5.32 Å². The van der Waals surface area contributed by atoms with Crippen LogP contribution in [0.5, 0.6) is 0 Å². The summed E-state index contributed by atoms with van der Waals surface area (Å²) in [6, 6.07) is 0.500. The van der Waals surface area contributed by atoms with Gasteiger partial charge in [0.25, 0.3) is 0 Å². The minimum atomic E-state index is -0.0315. The lowest BCUT2D eigenvalue weighted by atomic mass is 9.82. The summed E-state index contributed by atoms with van der Waals surface area (Å²) >= 11 is 0. The highest BCUT2D eigenvalue weighted by atomic mass is 16.6. The van der Waals surface area contributed by atoms with Gasteiger partial charge in [-0.15, -0.1) is 0 Å². The molecule has 4 heteroatoms. The molecule has 2 aliphatic heterocycles. The topological polar surface area (TPSA) is 50.7 Å². The van der Waals surface area contributed by atoms with Crippen molar-refractivity contribution in [2.45, 2.75) is 57.6 Å². The number of nitrogens with one attached hydrogen (secondary N) is 1. The summed E-state index contributed by atoms with van der Waals surface area (Å²) < 4.78 is 11.5. The number of aliphatic hydroxyl groups excluding tert-OH is 1. The quantitative estimate of drug-likeness (QED) is 0.772. The van der Waals surface area contributed by atoms with Crippen molar-refractivity contribution in [3.63, 3.8) is 0 Å². The van der Waals surface area contributed by atoms with E-state index in [1.807, 2.05) is 0 Å². The molecule has 0 radical (unpaired) electrons. The van der Waals surface area contributed by atoms with E-state index in [1.165, 1.54) is 0 Å². The molecule has 19 heavy (non-hydrogen) atoms. The van der Waals surface area contributed by atoms with Crippen molar-refractivity contribution in [2.75, 3.05) is 33.0 Å². The molecule has 0 aromatic heterocycles. The maximum absolute atomic E-state index is 9.63. The molecule has 2 rings (SSSR count). The fourth-order valence-corrected chi connectivity index (χ4v) is 3.21. The van der Waals surface area contributed by atoms with Crippen molar-refractivity contribution >= 4 is 0 Å². The molecule has 0 bridgehead atoms. The summed E-state index contributed by atoms with van der Waals surface area (Å²) in [7, 11) is 0. The van der Waals surface area contributed by atoms with Gasteiger partial charge in [0.15, 0.2) is 0 Å². The van der Waals surface area contributed by atoms with Gasteiger partial charge in [-0.25, -0.2) is 0 Å². The molecular formula is C15H29NO3. The van der Waals surface area contributed by atoms with E-state index in [0.29, 0.717) is 6.04 Å². The fraction of sp³-hybridized carbons (Fsp3) is 1.00. The summed E-state index contributed by atoms with van der Waals surface area (Å²) in [5, 5.41) is 13.3. The van der Waals surface area contributed by atoms with E-state index < -0.39 is 0 Å². The normalized spacial score (nSPS) is 32.1. The highest BCUT2D eigenvalue weighted by molar-refractivity contribution is 4.93. The van der Waals surface area contributed by atoms with Crippen LogP contribution < -0.4 is 5.32 Å². The zero-order chi connectivity index (χ0) is 13.8. The molecule has 2 saturated heterocycles. The van der Waals surface area contributed by atoms with Crippen LogP contribution in [0, 0.1) is 5.41 Å². The minimum Gasteiger partial charge on any atom is -0.396 e. The standard InChI is InChI=1S/C15H29NO3/c1-3-14(4-2,11-17)10-16-13-5-7-19-15(9-13)6-8-18-12-15/h13,16-17H,3-12H2,1-2H3. The maximum atomic E-state index is 9.63. The molecule has 0 amide bonds. The average molecular weight is 271 g/mol. The van der Waals surface area contributed by atoms with Crippen LogP contribution in [0.2, 0.25) is 0 Å². The Morgan fingerprint density at radius 1 is 1.32 bits per heavy atom. The van der Waals surface area contributed by atoms with Crippen molar-refractivity contribution < 1.29 is 14.6 Å². The summed E-state index contributed by atoms with van der Waals surface area (Å²) in [6.07, 6.45) is 5.17. The van der Waals surface area contributed by atoms with Crippen molar-refractivity contribution in [3.05, 3.63) is 0 Å². The van der Waals surface area contributed by atoms with Gasteiger partial charge in [-0.05, 0) is 25.7 Å². The Kier molecular flexibility index (Phi) is 5.23. The highest BCUT2D eigenvalue weighted by Gasteiger charge is 2.41. The Balaban J connectivity index is 1.85. The largest absolute Gasteiger partial charge is 0.396 e. The first-order valence-electron chi connectivity index (χ1n) is 7.73. The number of ether oxygens (including phenoxy) is 2. The van der Waals surface area contributed by atoms with E-state index in [-0.39, 0.29) is 17.6 Å². The summed E-state index contributed by atoms with van der Waals surface area (Å²) in [4.78, 5) is 0. The maximum Gasteiger partial charge on any atom is 0.0951 e. The van der Waals surface area contributed by atoms with E-state index in [9.17, 15) is 5.11 Å². The molecule has 4 nitrogen and oxygen atoms in total. The van der Waals surface area contributed by atoms with Crippen LogP contribution in [0.25, 0.3) is 0 Å². The number of hydrogen-bond acceptors (Lipinski definition) is 4. The van der Waals surface area contributed by atoms with Gasteiger partial charge in [-0.2, -0.15) is 0 Å². The molecule has 2 unspecified atom stereocenters. The van der Waals surface area contributed by atoms with Crippen LogP contribution in [-0.4, -0.2) is 49.7 Å². The number of hydrogen-bond donors (Lipinski definition) is 2. The summed E-state index contributed by atoms with van der Waals surface area (Å²) in [5.41, 5.74) is 0.00780. The second-order valence-corrected chi connectivity index (χ2v) is 6.27. The lowest BCUT2D eigenvalue weighted by molar-refractivity contribution is -0.0905. The Hall–Kier alpha value is -0.160. The third-order valence-electron chi connectivity index (χ3n) is 5.16. The first-order valence-corrected chi connectivity index (χ1v) is 7.73. The van der Waals surface area contributed by atoms with E-state index in [2.05, 4.69) is 19.2 Å². The molecule has 2 fully saturated rings. The van der Waals surface area contributed by atoms with Gasteiger partial charge in [0, 0.05) is 44.2 Å². The smallest absolute Gasteiger partial charge is 0.0951 e. The predicted molar refractivity (Wildman–Crippen MR) is 75.2 cm³/mol. The molecular weight excluding hydrogens is 242 g/mol. The van der Waals surface area contributed by atoms with Crippen molar-refractivity contribution in [1.29, 1.82) is 0 Å². The van der Waals surface area contributed by atoms with Gasteiger partial charge in [0.1, 0.15) is 0 Å². The van der Waals surface area contributed by atoms with E-state index in [0.717, 1.165) is 58.5 Å². The molecule has 112 valence electrons. The van der Waals surface area contributed by atoms with Gasteiger partial charge >= 0.3 is 0 Å². The molecule has 0 aliphatic carbocycles. The Bertz CT molecular complexity index is 264. The van der Waals surface area contributed by atoms with Gasteiger partial charge in [-0.3, -0.25) is 0 Å². The zero-order valence-corrected chi connectivity index (χ0v) is 12.4. The predicted octanol–water partition coefficient (Wildman–Crippen LogP) is 1.71. The van der Waals surface area contributed by atoms with E-state index >= 15 is 0 Å². The molecule has 2 aliphatic rings. The van der Waals surface area contributed by atoms with Crippen LogP contribution in [0.3, 0.4) is 0 Å². The van der Waals surface area contributed by atoms with Crippen molar-refractivity contribution in [3.8, 4) is 0 Å². The molecule has 2 heterocycles. The average Bonchev–Trinajstić information content (AvgIpc) is 2.89. The van der Waals surface area contributed by atoms with Gasteiger partial charge in [-0.1, -0.05) is 13.8 Å². The molecule has 0 aromatic rings. The molecule has 0 saturated carbocycles. The van der Waals surface area contributed by atoms with Gasteiger partial charge in [0.2, 0.25) is 0 Å². The molecule has 2 N–H and O–H groups in total. The van der Waals surface area contributed by atoms with E-state index in [4.69, 9.17) is 9.47 Å². The second kappa shape index (κ2) is 6.53. The third kappa shape index (κ3) is 3.48. The summed E-state index contributed by atoms with van der Waals surface area (Å²) in [5.74, 6) is 0. The lowest BCUT2D eigenvalue weighted by Crippen LogP contribution is -2.50. The minimum absolute atomic E-state index is 0.0315. The van der Waals surface area contributed by atoms with Gasteiger partial charge in [0.05, 0.1) is 12.2 Å². The lowest BCUT2D eigenvalue weighted by Gasteiger charge is -2.39. The first kappa shape index (κ1) is 15.2. The van der Waals surface area contributed by atoms with Crippen LogP contribution in [-0.2, 0) is 9.47 Å². The number of aliphatic hydroxyl groups is 1. The second-order valence-electron chi connectivity index (χ2n) is 6.27. The monoisotopic (exact) mass is 271 g/mol. The van der Waals surface area contributed by atoms with Gasteiger partial charge < -0.3 is 19.9 Å². The third-order valence-corrected chi connectivity index (χ3v) is 5.16. The SMILES string of the molecule is CCC(CC)(CO)CNC1CCOC2(CCOC2)C1. The molecule has 2 atom stereocenters. The van der Waals surface area contributed by atoms with E-state index in [1.54, 1.807) is 0 Å². The highest BCUT2D eigenvalue weighted by Crippen LogP contribution is 2.33. The Morgan fingerprint density at radius 2 is 2.11 bits per heavy atom. The zero-order valence-electron chi connectivity index (χ0n) is 12.4. The molecule has 1 spiro atoms. The Labute approximate surface area is 116 Å². The van der Waals surface area contributed by atoms with Crippen LogP contribution >= 0.6 is 0 Å². The molecule has 0 aromatic carbocycles. The van der Waals surface area contributed by atoms with Crippen LogP contribution in [0.1, 0.15) is 46.0 Å². The first-order chi connectivity index (χ1) is 9.17. The fourth-order valence-electron chi connectivity index (χ4n) is 3.21. The number of rotatable bonds is 6. The summed E-state index contributed by atoms with van der Waals surface area (Å²) in [6.45, 7) is 7.90. The van der Waals surface area contributed by atoms with Crippen LogP contribution in [0.15, 0.2) is 0 Å². The Morgan fingerprint density at radius 3 is 2.68 bits per heavy atom.